The molecule has 3 aromatic rings. The van der Waals surface area contributed by atoms with E-state index in [-0.39, 0.29) is 23.8 Å². The van der Waals surface area contributed by atoms with Crippen molar-refractivity contribution in [3.63, 3.8) is 0 Å². The predicted molar refractivity (Wildman–Crippen MR) is 103 cm³/mol. The molecule has 1 aromatic heterocycles. The first-order valence-electron chi connectivity index (χ1n) is 8.72. The third-order valence-corrected chi connectivity index (χ3v) is 4.65. The van der Waals surface area contributed by atoms with Gasteiger partial charge in [-0.05, 0) is 25.1 Å². The maximum Gasteiger partial charge on any atom is 0.265 e. The van der Waals surface area contributed by atoms with Gasteiger partial charge < -0.3 is 5.11 Å². The van der Waals surface area contributed by atoms with E-state index in [9.17, 15) is 14.3 Å². The van der Waals surface area contributed by atoms with Crippen molar-refractivity contribution in [2.24, 2.45) is 4.99 Å². The first-order chi connectivity index (χ1) is 13.1. The molecular formula is C20H19FN4O2. The Bertz CT molecular complexity index is 1090. The highest BCUT2D eigenvalue weighted by Crippen LogP contribution is 2.27. The summed E-state index contributed by atoms with van der Waals surface area (Å²) in [5, 5.41) is 11.8. The standard InChI is InChI=1S/C20H19FN4O2/c1-12-10-18(24-23-12)22-11-15-13-6-2-3-7-14(13)19(26)25(20(15)27)17-9-5-4-8-16(17)21/h2-9,11-12,18,23-24,27H,10H2,1H3/b22-11+. The molecule has 0 amide bonds. The van der Waals surface area contributed by atoms with Gasteiger partial charge in [0.15, 0.2) is 0 Å². The van der Waals surface area contributed by atoms with E-state index in [1.165, 1.54) is 24.4 Å². The summed E-state index contributed by atoms with van der Waals surface area (Å²) in [6.45, 7) is 2.04. The number of pyridine rings is 1. The van der Waals surface area contributed by atoms with E-state index in [0.29, 0.717) is 16.3 Å². The number of hydrogen-bond donors (Lipinski definition) is 3. The van der Waals surface area contributed by atoms with Gasteiger partial charge in [0.2, 0.25) is 5.88 Å². The lowest BCUT2D eigenvalue weighted by Gasteiger charge is -2.14. The maximum atomic E-state index is 14.3. The van der Waals surface area contributed by atoms with E-state index in [2.05, 4.69) is 15.8 Å². The van der Waals surface area contributed by atoms with E-state index in [0.717, 1.165) is 11.0 Å². The minimum atomic E-state index is -0.594. The second-order valence-corrected chi connectivity index (χ2v) is 6.59. The van der Waals surface area contributed by atoms with Crippen LogP contribution in [0.2, 0.25) is 0 Å². The molecule has 1 aliphatic heterocycles. The van der Waals surface area contributed by atoms with Crippen LogP contribution >= 0.6 is 0 Å². The number of nitrogens with zero attached hydrogens (tertiary/aromatic N) is 2. The van der Waals surface area contributed by atoms with Crippen LogP contribution in [-0.4, -0.2) is 28.1 Å². The van der Waals surface area contributed by atoms with E-state index >= 15 is 0 Å². The van der Waals surface area contributed by atoms with Gasteiger partial charge >= 0.3 is 0 Å². The number of rotatable bonds is 3. The molecule has 0 bridgehead atoms. The first kappa shape index (κ1) is 17.4. The number of hydrogen-bond acceptors (Lipinski definition) is 5. The number of benzene rings is 2. The van der Waals surface area contributed by atoms with Crippen molar-refractivity contribution >= 4 is 17.0 Å². The Labute approximate surface area is 155 Å². The maximum absolute atomic E-state index is 14.3. The molecule has 2 aromatic carbocycles. The fourth-order valence-corrected chi connectivity index (χ4v) is 3.30. The Hall–Kier alpha value is -3.03. The highest BCUT2D eigenvalue weighted by Gasteiger charge is 2.21. The fourth-order valence-electron chi connectivity index (χ4n) is 3.30. The van der Waals surface area contributed by atoms with Crippen LogP contribution in [0.3, 0.4) is 0 Å². The normalized spacial score (nSPS) is 19.9. The van der Waals surface area contributed by atoms with Gasteiger partial charge in [-0.3, -0.25) is 15.2 Å². The first-order valence-corrected chi connectivity index (χ1v) is 8.72. The molecule has 0 aliphatic carbocycles. The number of nitrogens with one attached hydrogen (secondary N) is 2. The Morgan fingerprint density at radius 1 is 1.15 bits per heavy atom. The molecule has 3 N–H and O–H groups in total. The third kappa shape index (κ3) is 3.11. The minimum absolute atomic E-state index is 0.00492. The lowest BCUT2D eigenvalue weighted by Crippen LogP contribution is -2.31. The van der Waals surface area contributed by atoms with Crippen LogP contribution in [0.25, 0.3) is 16.5 Å². The van der Waals surface area contributed by atoms with Crippen molar-refractivity contribution in [3.05, 3.63) is 70.3 Å². The van der Waals surface area contributed by atoms with Gasteiger partial charge in [-0.1, -0.05) is 30.3 Å². The summed E-state index contributed by atoms with van der Waals surface area (Å²) in [7, 11) is 0. The zero-order chi connectivity index (χ0) is 19.0. The van der Waals surface area contributed by atoms with Crippen LogP contribution in [0, 0.1) is 5.82 Å². The van der Waals surface area contributed by atoms with E-state index in [1.54, 1.807) is 30.3 Å². The van der Waals surface area contributed by atoms with Crippen LogP contribution < -0.4 is 16.4 Å². The number of fused-ring (bicyclic) bond motifs is 1. The van der Waals surface area contributed by atoms with Gasteiger partial charge in [-0.15, -0.1) is 0 Å². The molecule has 0 saturated carbocycles. The van der Waals surface area contributed by atoms with Gasteiger partial charge in [-0.2, -0.15) is 0 Å². The highest BCUT2D eigenvalue weighted by molar-refractivity contribution is 6.01. The zero-order valence-electron chi connectivity index (χ0n) is 14.7. The van der Waals surface area contributed by atoms with Crippen LogP contribution in [0.4, 0.5) is 4.39 Å². The minimum Gasteiger partial charge on any atom is -0.494 e. The van der Waals surface area contributed by atoms with E-state index < -0.39 is 11.4 Å². The molecular weight excluding hydrogens is 347 g/mol. The average Bonchev–Trinajstić information content (AvgIpc) is 3.08. The summed E-state index contributed by atoms with van der Waals surface area (Å²) in [5.74, 6) is -0.935. The van der Waals surface area contributed by atoms with Crippen molar-refractivity contribution in [2.75, 3.05) is 0 Å². The number of aromatic hydroxyl groups is 1. The molecule has 2 heterocycles. The molecule has 2 atom stereocenters. The van der Waals surface area contributed by atoms with Gasteiger partial charge in [0.25, 0.3) is 5.56 Å². The summed E-state index contributed by atoms with van der Waals surface area (Å²) in [5.41, 5.74) is 6.01. The average molecular weight is 366 g/mol. The van der Waals surface area contributed by atoms with Crippen LogP contribution in [0.1, 0.15) is 18.9 Å². The van der Waals surface area contributed by atoms with Crippen LogP contribution in [-0.2, 0) is 0 Å². The van der Waals surface area contributed by atoms with Crippen LogP contribution in [0.5, 0.6) is 5.88 Å². The van der Waals surface area contributed by atoms with Gasteiger partial charge in [0.1, 0.15) is 12.0 Å². The fraction of sp³-hybridized carbons (Fsp3) is 0.200. The second kappa shape index (κ2) is 6.94. The molecule has 1 fully saturated rings. The lowest BCUT2D eigenvalue weighted by molar-refractivity contribution is 0.433. The number of hydrazine groups is 1. The van der Waals surface area contributed by atoms with Crippen LogP contribution in [0.15, 0.2) is 58.3 Å². The summed E-state index contributed by atoms with van der Waals surface area (Å²) < 4.78 is 15.3. The molecule has 0 spiro atoms. The predicted octanol–water partition coefficient (Wildman–Crippen LogP) is 2.47. The van der Waals surface area contributed by atoms with Gasteiger partial charge in [0, 0.05) is 29.4 Å². The number of aromatic nitrogens is 1. The molecule has 4 rings (SSSR count). The monoisotopic (exact) mass is 366 g/mol. The number of aliphatic imine (C=N–C) groups is 1. The van der Waals surface area contributed by atoms with E-state index in [4.69, 9.17) is 0 Å². The van der Waals surface area contributed by atoms with E-state index in [1.807, 2.05) is 6.92 Å². The van der Waals surface area contributed by atoms with Crippen molar-refractivity contribution < 1.29 is 9.50 Å². The summed E-state index contributed by atoms with van der Waals surface area (Å²) in [4.78, 5) is 17.4. The smallest absolute Gasteiger partial charge is 0.265 e. The SMILES string of the molecule is CC1CC(/N=C/c2c(O)n(-c3ccccc3F)c(=O)c3ccccc23)NN1. The molecule has 7 heteroatoms. The molecule has 1 aliphatic rings. The topological polar surface area (TPSA) is 78.7 Å². The molecule has 0 radical (unpaired) electrons. The molecule has 1 saturated heterocycles. The quantitative estimate of drug-likeness (QED) is 0.622. The summed E-state index contributed by atoms with van der Waals surface area (Å²) in [6.07, 6.45) is 2.18. The largest absolute Gasteiger partial charge is 0.494 e. The molecule has 2 unspecified atom stereocenters. The zero-order valence-corrected chi connectivity index (χ0v) is 14.7. The Morgan fingerprint density at radius 3 is 2.56 bits per heavy atom. The second-order valence-electron chi connectivity index (χ2n) is 6.59. The van der Waals surface area contributed by atoms with Gasteiger partial charge in [0.05, 0.1) is 11.3 Å². The Morgan fingerprint density at radius 2 is 1.85 bits per heavy atom. The summed E-state index contributed by atoms with van der Waals surface area (Å²) >= 11 is 0. The molecule has 138 valence electrons. The van der Waals surface area contributed by atoms with Gasteiger partial charge in [-0.25, -0.2) is 14.4 Å². The van der Waals surface area contributed by atoms with Crippen molar-refractivity contribution in [1.29, 1.82) is 0 Å². The highest BCUT2D eigenvalue weighted by atomic mass is 19.1. The Balaban J connectivity index is 1.94. The summed E-state index contributed by atoms with van der Waals surface area (Å²) in [6, 6.07) is 13.0. The van der Waals surface area contributed by atoms with Crippen molar-refractivity contribution in [2.45, 2.75) is 25.6 Å². The number of halogens is 1. The molecule has 27 heavy (non-hydrogen) atoms. The molecule has 6 nitrogen and oxygen atoms in total. The van der Waals surface area contributed by atoms with Crippen molar-refractivity contribution in [1.82, 2.24) is 15.4 Å². The lowest BCUT2D eigenvalue weighted by atomic mass is 10.1. The van der Waals surface area contributed by atoms with Crippen molar-refractivity contribution in [3.8, 4) is 11.6 Å². The third-order valence-electron chi connectivity index (χ3n) is 4.65. The Kier molecular flexibility index (Phi) is 4.47. The number of para-hydroxylation sites is 1.